The molecule has 0 unspecified atom stereocenters. The van der Waals surface area contributed by atoms with Gasteiger partial charge in [-0.05, 0) is 24.3 Å². The van der Waals surface area contributed by atoms with Crippen LogP contribution in [0.4, 0.5) is 5.69 Å². The Morgan fingerprint density at radius 2 is 1.54 bits per heavy atom. The van der Waals surface area contributed by atoms with Crippen molar-refractivity contribution < 1.29 is 22.7 Å². The number of carbonyl (C=O) groups excluding carboxylic acids is 2. The van der Waals surface area contributed by atoms with Crippen LogP contribution in [0.25, 0.3) is 0 Å². The van der Waals surface area contributed by atoms with Crippen LogP contribution in [0, 0.1) is 0 Å². The van der Waals surface area contributed by atoms with Gasteiger partial charge in [-0.15, -0.1) is 0 Å². The monoisotopic (exact) mass is 381 g/mol. The first kappa shape index (κ1) is 19.0. The number of methoxy groups -OCH3 is 1. The predicted octanol–water partition coefficient (Wildman–Crippen LogP) is 0.293. The zero-order valence-corrected chi connectivity index (χ0v) is 15.6. The molecule has 8 nitrogen and oxygen atoms in total. The molecule has 2 fully saturated rings. The van der Waals surface area contributed by atoms with Crippen LogP contribution in [-0.4, -0.2) is 75.9 Å². The number of nitrogens with zero attached hydrogens (tertiary/aromatic N) is 3. The first-order valence-corrected chi connectivity index (χ1v) is 10.0. The maximum Gasteiger partial charge on any atom is 0.243 e. The van der Waals surface area contributed by atoms with Crippen molar-refractivity contribution in [3.05, 3.63) is 24.3 Å². The van der Waals surface area contributed by atoms with Crippen molar-refractivity contribution in [2.75, 3.05) is 51.3 Å². The van der Waals surface area contributed by atoms with Crippen molar-refractivity contribution >= 4 is 27.5 Å². The third kappa shape index (κ3) is 3.80. The lowest BCUT2D eigenvalue weighted by molar-refractivity contribution is -0.121. The molecule has 0 saturated carbocycles. The number of benzene rings is 1. The van der Waals surface area contributed by atoms with Gasteiger partial charge in [0.2, 0.25) is 21.8 Å². The highest BCUT2D eigenvalue weighted by Gasteiger charge is 2.31. The van der Waals surface area contributed by atoms with Gasteiger partial charge in [0, 0.05) is 52.7 Å². The van der Waals surface area contributed by atoms with E-state index in [1.807, 2.05) is 0 Å². The number of hydrogen-bond donors (Lipinski definition) is 0. The molecule has 0 aliphatic carbocycles. The molecule has 2 amide bonds. The Morgan fingerprint density at radius 1 is 0.962 bits per heavy atom. The van der Waals surface area contributed by atoms with E-state index in [0.29, 0.717) is 38.5 Å². The van der Waals surface area contributed by atoms with Crippen LogP contribution < -0.4 is 4.90 Å². The van der Waals surface area contributed by atoms with E-state index in [4.69, 9.17) is 4.74 Å². The molecular weight excluding hydrogens is 358 g/mol. The molecule has 0 atom stereocenters. The van der Waals surface area contributed by atoms with E-state index in [2.05, 4.69) is 4.90 Å². The van der Waals surface area contributed by atoms with E-state index in [1.165, 1.54) is 28.6 Å². The molecule has 26 heavy (non-hydrogen) atoms. The average Bonchev–Trinajstić information content (AvgIpc) is 2.99. The molecule has 1 aromatic carbocycles. The standard InChI is InChI=1S/C17H23N3O5S/c1-25-13-12-18-8-10-19(11-9-18)26(23,24)15-4-2-14(3-5-15)20-16(21)6-7-17(20)22/h2-5H,6-13H2,1H3. The Bertz CT molecular complexity index is 754. The summed E-state index contributed by atoms with van der Waals surface area (Å²) in [6, 6.07) is 5.95. The molecule has 2 saturated heterocycles. The van der Waals surface area contributed by atoms with Crippen molar-refractivity contribution in [2.24, 2.45) is 0 Å². The second-order valence-corrected chi connectivity index (χ2v) is 8.29. The molecule has 0 radical (unpaired) electrons. The molecule has 0 N–H and O–H groups in total. The van der Waals surface area contributed by atoms with Crippen molar-refractivity contribution in [3.8, 4) is 0 Å². The first-order chi connectivity index (χ1) is 12.4. The van der Waals surface area contributed by atoms with Crippen LogP contribution >= 0.6 is 0 Å². The maximum atomic E-state index is 12.8. The number of piperazine rings is 1. The lowest BCUT2D eigenvalue weighted by Crippen LogP contribution is -2.49. The zero-order valence-electron chi connectivity index (χ0n) is 14.8. The molecule has 2 heterocycles. The number of amides is 2. The Kier molecular flexibility index (Phi) is 5.71. The van der Waals surface area contributed by atoms with Crippen LogP contribution in [0.1, 0.15) is 12.8 Å². The molecule has 2 aliphatic rings. The molecule has 142 valence electrons. The summed E-state index contributed by atoms with van der Waals surface area (Å²) in [5.41, 5.74) is 0.417. The van der Waals surface area contributed by atoms with E-state index in [9.17, 15) is 18.0 Å². The summed E-state index contributed by atoms with van der Waals surface area (Å²) in [6.45, 7) is 3.60. The third-order valence-corrected chi connectivity index (χ3v) is 6.64. The Morgan fingerprint density at radius 3 is 2.08 bits per heavy atom. The number of ether oxygens (including phenoxy) is 1. The Labute approximate surface area is 153 Å². The number of hydrogen-bond acceptors (Lipinski definition) is 6. The number of rotatable bonds is 6. The average molecular weight is 381 g/mol. The Hall–Kier alpha value is -1.81. The van der Waals surface area contributed by atoms with Gasteiger partial charge in [-0.25, -0.2) is 8.42 Å². The highest BCUT2D eigenvalue weighted by molar-refractivity contribution is 7.89. The van der Waals surface area contributed by atoms with E-state index in [-0.39, 0.29) is 29.6 Å². The van der Waals surface area contributed by atoms with Crippen molar-refractivity contribution in [3.63, 3.8) is 0 Å². The first-order valence-electron chi connectivity index (χ1n) is 8.61. The summed E-state index contributed by atoms with van der Waals surface area (Å²) in [6.07, 6.45) is 0.401. The topological polar surface area (TPSA) is 87.2 Å². The molecular formula is C17H23N3O5S. The SMILES string of the molecule is COCCN1CCN(S(=O)(=O)c2ccc(N3C(=O)CCC3=O)cc2)CC1. The minimum atomic E-state index is -3.59. The fourth-order valence-electron chi connectivity index (χ4n) is 3.19. The minimum Gasteiger partial charge on any atom is -0.383 e. The summed E-state index contributed by atoms with van der Waals surface area (Å²) in [7, 11) is -1.94. The zero-order chi connectivity index (χ0) is 18.7. The van der Waals surface area contributed by atoms with Gasteiger partial charge in [0.05, 0.1) is 17.2 Å². The highest BCUT2D eigenvalue weighted by atomic mass is 32.2. The van der Waals surface area contributed by atoms with Gasteiger partial charge in [-0.1, -0.05) is 0 Å². The summed E-state index contributed by atoms with van der Waals surface area (Å²) in [5.74, 6) is -0.504. The van der Waals surface area contributed by atoms with E-state index in [1.54, 1.807) is 7.11 Å². The molecule has 2 aliphatic heterocycles. The number of imide groups is 1. The van der Waals surface area contributed by atoms with Gasteiger partial charge in [0.1, 0.15) is 0 Å². The van der Waals surface area contributed by atoms with E-state index in [0.717, 1.165) is 11.4 Å². The second-order valence-electron chi connectivity index (χ2n) is 6.36. The second kappa shape index (κ2) is 7.83. The van der Waals surface area contributed by atoms with E-state index >= 15 is 0 Å². The Balaban J connectivity index is 1.68. The fourth-order valence-corrected chi connectivity index (χ4v) is 4.62. The third-order valence-electron chi connectivity index (χ3n) is 4.73. The minimum absolute atomic E-state index is 0.172. The molecule has 0 aromatic heterocycles. The lowest BCUT2D eigenvalue weighted by atomic mass is 10.3. The van der Waals surface area contributed by atoms with Crippen LogP contribution in [0.15, 0.2) is 29.2 Å². The summed E-state index contributed by atoms with van der Waals surface area (Å²) < 4.78 is 32.1. The number of carbonyl (C=O) groups is 2. The van der Waals surface area contributed by atoms with Gasteiger partial charge < -0.3 is 4.74 Å². The smallest absolute Gasteiger partial charge is 0.243 e. The number of sulfonamides is 1. The van der Waals surface area contributed by atoms with E-state index < -0.39 is 10.0 Å². The predicted molar refractivity (Wildman–Crippen MR) is 95.2 cm³/mol. The number of anilines is 1. The van der Waals surface area contributed by atoms with Crippen LogP contribution in [0.2, 0.25) is 0 Å². The molecule has 3 rings (SSSR count). The van der Waals surface area contributed by atoms with Crippen LogP contribution in [0.5, 0.6) is 0 Å². The highest BCUT2D eigenvalue weighted by Crippen LogP contribution is 2.25. The van der Waals surface area contributed by atoms with Crippen molar-refractivity contribution in [1.82, 2.24) is 9.21 Å². The van der Waals surface area contributed by atoms with Crippen molar-refractivity contribution in [2.45, 2.75) is 17.7 Å². The van der Waals surface area contributed by atoms with Crippen molar-refractivity contribution in [1.29, 1.82) is 0 Å². The van der Waals surface area contributed by atoms with Gasteiger partial charge in [-0.3, -0.25) is 19.4 Å². The normalized spacial score (nSPS) is 20.1. The summed E-state index contributed by atoms with van der Waals surface area (Å²) in [4.78, 5) is 27.0. The van der Waals surface area contributed by atoms with Crippen LogP contribution in [-0.2, 0) is 24.3 Å². The lowest BCUT2D eigenvalue weighted by Gasteiger charge is -2.33. The van der Waals surface area contributed by atoms with Gasteiger partial charge >= 0.3 is 0 Å². The van der Waals surface area contributed by atoms with Gasteiger partial charge in [0.25, 0.3) is 0 Å². The summed E-state index contributed by atoms with van der Waals surface area (Å²) >= 11 is 0. The maximum absolute atomic E-state index is 12.8. The quantitative estimate of drug-likeness (QED) is 0.659. The van der Waals surface area contributed by atoms with Gasteiger partial charge in [-0.2, -0.15) is 4.31 Å². The molecule has 0 spiro atoms. The largest absolute Gasteiger partial charge is 0.383 e. The summed E-state index contributed by atoms with van der Waals surface area (Å²) in [5, 5.41) is 0. The van der Waals surface area contributed by atoms with Gasteiger partial charge in [0.15, 0.2) is 0 Å². The molecule has 9 heteroatoms. The molecule has 1 aromatic rings. The van der Waals surface area contributed by atoms with Crippen LogP contribution in [0.3, 0.4) is 0 Å². The fraction of sp³-hybridized carbons (Fsp3) is 0.529. The molecule has 0 bridgehead atoms.